The fraction of sp³-hybridized carbons (Fsp3) is 0.556. The molecule has 6 heteroatoms. The van der Waals surface area contributed by atoms with Crippen LogP contribution in [0.2, 0.25) is 0 Å². The van der Waals surface area contributed by atoms with Gasteiger partial charge in [-0.05, 0) is 37.8 Å². The minimum absolute atomic E-state index is 0.00667. The Bertz CT molecular complexity index is 660. The van der Waals surface area contributed by atoms with Crippen molar-refractivity contribution < 1.29 is 14.6 Å². The van der Waals surface area contributed by atoms with Crippen molar-refractivity contribution >= 4 is 5.91 Å². The Morgan fingerprint density at radius 2 is 2.29 bits per heavy atom. The molecule has 0 radical (unpaired) electrons. The topological polar surface area (TPSA) is 85.6 Å². The number of hydrogen-bond donors (Lipinski definition) is 2. The van der Waals surface area contributed by atoms with Crippen LogP contribution in [0.3, 0.4) is 0 Å². The number of amides is 1. The van der Waals surface area contributed by atoms with Gasteiger partial charge < -0.3 is 20.1 Å². The highest BCUT2D eigenvalue weighted by Gasteiger charge is 2.38. The lowest BCUT2D eigenvalue weighted by Crippen LogP contribution is -2.45. The highest BCUT2D eigenvalue weighted by Crippen LogP contribution is 2.37. The van der Waals surface area contributed by atoms with Crippen LogP contribution >= 0.6 is 0 Å². The first-order valence-corrected chi connectivity index (χ1v) is 8.36. The first-order valence-electron chi connectivity index (χ1n) is 8.36. The minimum atomic E-state index is -0.297. The predicted octanol–water partition coefficient (Wildman–Crippen LogP) is 1.67. The molecular formula is C18H23N3O3. The molecule has 1 amide bonds. The van der Waals surface area contributed by atoms with Gasteiger partial charge >= 0.3 is 0 Å². The molecule has 1 aromatic carbocycles. The molecule has 2 heterocycles. The number of carbonyl (C=O) groups excluding carboxylic acids is 1. The van der Waals surface area contributed by atoms with Crippen molar-refractivity contribution in [3.05, 3.63) is 23.3 Å². The molecule has 0 saturated carbocycles. The molecule has 2 saturated heterocycles. The van der Waals surface area contributed by atoms with Gasteiger partial charge in [-0.15, -0.1) is 0 Å². The highest BCUT2D eigenvalue weighted by atomic mass is 16.5. The summed E-state index contributed by atoms with van der Waals surface area (Å²) < 4.78 is 5.18. The van der Waals surface area contributed by atoms with Crippen LogP contribution in [0.4, 0.5) is 0 Å². The van der Waals surface area contributed by atoms with Crippen molar-refractivity contribution in [2.75, 3.05) is 20.2 Å². The number of ether oxygens (including phenoxy) is 1. The van der Waals surface area contributed by atoms with Crippen LogP contribution in [0.5, 0.6) is 11.5 Å². The number of nitriles is 1. The summed E-state index contributed by atoms with van der Waals surface area (Å²) in [5.74, 6) is 0.921. The van der Waals surface area contributed by atoms with Crippen LogP contribution in [0.1, 0.15) is 36.3 Å². The molecule has 1 aromatic rings. The average molecular weight is 329 g/mol. The van der Waals surface area contributed by atoms with E-state index in [1.54, 1.807) is 18.1 Å². The van der Waals surface area contributed by atoms with E-state index in [2.05, 4.69) is 11.4 Å². The SMILES string of the molecule is COc1cc(C)c([C@@H]2CN[C@H](C(=O)N3CCC[C@H]3C#N)C2)c(O)c1. The van der Waals surface area contributed by atoms with Gasteiger partial charge in [0, 0.05) is 30.6 Å². The van der Waals surface area contributed by atoms with Crippen molar-refractivity contribution in [1.82, 2.24) is 10.2 Å². The van der Waals surface area contributed by atoms with Crippen LogP contribution in [-0.2, 0) is 4.79 Å². The Morgan fingerprint density at radius 1 is 1.50 bits per heavy atom. The fourth-order valence-corrected chi connectivity index (χ4v) is 3.90. The highest BCUT2D eigenvalue weighted by molar-refractivity contribution is 5.83. The molecule has 0 bridgehead atoms. The third-order valence-electron chi connectivity index (χ3n) is 5.10. The van der Waals surface area contributed by atoms with E-state index in [0.717, 1.165) is 24.0 Å². The molecule has 2 N–H and O–H groups in total. The number of likely N-dealkylation sites (tertiary alicyclic amines) is 1. The second-order valence-electron chi connectivity index (χ2n) is 6.59. The van der Waals surface area contributed by atoms with Crippen LogP contribution in [0, 0.1) is 18.3 Å². The molecule has 128 valence electrons. The Labute approximate surface area is 142 Å². The number of methoxy groups -OCH3 is 1. The lowest BCUT2D eigenvalue weighted by atomic mass is 9.91. The Morgan fingerprint density at radius 3 is 2.96 bits per heavy atom. The molecule has 3 atom stereocenters. The van der Waals surface area contributed by atoms with E-state index >= 15 is 0 Å². The van der Waals surface area contributed by atoms with E-state index in [4.69, 9.17) is 4.74 Å². The molecule has 2 aliphatic rings. The third-order valence-corrected chi connectivity index (χ3v) is 5.10. The van der Waals surface area contributed by atoms with E-state index in [1.807, 2.05) is 13.0 Å². The molecule has 2 fully saturated rings. The van der Waals surface area contributed by atoms with Crippen molar-refractivity contribution in [3.8, 4) is 17.6 Å². The van der Waals surface area contributed by atoms with E-state index in [-0.39, 0.29) is 29.7 Å². The fourth-order valence-electron chi connectivity index (χ4n) is 3.90. The minimum Gasteiger partial charge on any atom is -0.508 e. The zero-order chi connectivity index (χ0) is 17.3. The van der Waals surface area contributed by atoms with Crippen molar-refractivity contribution in [2.24, 2.45) is 0 Å². The van der Waals surface area contributed by atoms with E-state index in [1.165, 1.54) is 0 Å². The first-order chi connectivity index (χ1) is 11.5. The molecule has 0 aromatic heterocycles. The van der Waals surface area contributed by atoms with Crippen LogP contribution in [0.25, 0.3) is 0 Å². The molecule has 6 nitrogen and oxygen atoms in total. The number of aryl methyl sites for hydroxylation is 1. The maximum Gasteiger partial charge on any atom is 0.240 e. The second-order valence-corrected chi connectivity index (χ2v) is 6.59. The Kier molecular flexibility index (Phi) is 4.63. The van der Waals surface area contributed by atoms with Gasteiger partial charge in [0.2, 0.25) is 5.91 Å². The lowest BCUT2D eigenvalue weighted by Gasteiger charge is -2.23. The van der Waals surface area contributed by atoms with Crippen LogP contribution in [-0.4, -0.2) is 48.2 Å². The van der Waals surface area contributed by atoms with Gasteiger partial charge in [0.15, 0.2) is 0 Å². The Hall–Kier alpha value is -2.26. The molecule has 3 rings (SSSR count). The van der Waals surface area contributed by atoms with E-state index in [0.29, 0.717) is 25.3 Å². The largest absolute Gasteiger partial charge is 0.508 e. The summed E-state index contributed by atoms with van der Waals surface area (Å²) in [4.78, 5) is 14.4. The van der Waals surface area contributed by atoms with E-state index < -0.39 is 0 Å². The van der Waals surface area contributed by atoms with Gasteiger partial charge in [0.1, 0.15) is 17.5 Å². The van der Waals surface area contributed by atoms with Crippen molar-refractivity contribution in [2.45, 2.75) is 44.2 Å². The average Bonchev–Trinajstić information content (AvgIpc) is 3.22. The summed E-state index contributed by atoms with van der Waals surface area (Å²) in [5.41, 5.74) is 1.83. The normalized spacial score (nSPS) is 26.4. The summed E-state index contributed by atoms with van der Waals surface area (Å²) in [6.07, 6.45) is 2.28. The summed E-state index contributed by atoms with van der Waals surface area (Å²) in [7, 11) is 1.57. The molecule has 24 heavy (non-hydrogen) atoms. The molecular weight excluding hydrogens is 306 g/mol. The molecule has 2 aliphatic heterocycles. The van der Waals surface area contributed by atoms with E-state index in [9.17, 15) is 15.2 Å². The number of rotatable bonds is 3. The summed E-state index contributed by atoms with van der Waals surface area (Å²) >= 11 is 0. The van der Waals surface area contributed by atoms with Gasteiger partial charge in [-0.1, -0.05) is 0 Å². The maximum atomic E-state index is 12.7. The summed E-state index contributed by atoms with van der Waals surface area (Å²) in [6.45, 7) is 3.24. The Balaban J connectivity index is 1.74. The second kappa shape index (κ2) is 6.70. The number of carbonyl (C=O) groups is 1. The molecule has 0 aliphatic carbocycles. The first kappa shape index (κ1) is 16.6. The number of benzene rings is 1. The third kappa shape index (κ3) is 2.92. The standard InChI is InChI=1S/C18H23N3O3/c1-11-6-14(24-2)8-16(22)17(11)12-7-15(20-10-12)18(23)21-5-3-4-13(21)9-19/h6,8,12-13,15,20,22H,3-5,7,10H2,1-2H3/t12-,13-,15-/m0/s1. The van der Waals surface area contributed by atoms with Gasteiger partial charge in [0.05, 0.1) is 19.2 Å². The van der Waals surface area contributed by atoms with Gasteiger partial charge in [-0.3, -0.25) is 4.79 Å². The van der Waals surface area contributed by atoms with Crippen molar-refractivity contribution in [1.29, 1.82) is 5.26 Å². The summed E-state index contributed by atoms with van der Waals surface area (Å²) in [5, 5.41) is 22.8. The number of nitrogens with one attached hydrogen (secondary N) is 1. The number of phenolic OH excluding ortho intramolecular Hbond substituents is 1. The number of phenols is 1. The monoisotopic (exact) mass is 329 g/mol. The molecule has 0 spiro atoms. The van der Waals surface area contributed by atoms with Gasteiger partial charge in [-0.2, -0.15) is 5.26 Å². The maximum absolute atomic E-state index is 12.7. The number of hydrogen-bond acceptors (Lipinski definition) is 5. The number of aromatic hydroxyl groups is 1. The zero-order valence-corrected chi connectivity index (χ0v) is 14.1. The summed E-state index contributed by atoms with van der Waals surface area (Å²) in [6, 6.07) is 5.15. The van der Waals surface area contributed by atoms with Crippen molar-refractivity contribution in [3.63, 3.8) is 0 Å². The lowest BCUT2D eigenvalue weighted by molar-refractivity contribution is -0.133. The zero-order valence-electron chi connectivity index (χ0n) is 14.1. The smallest absolute Gasteiger partial charge is 0.240 e. The number of nitrogens with zero attached hydrogens (tertiary/aromatic N) is 2. The van der Waals surface area contributed by atoms with Crippen LogP contribution < -0.4 is 10.1 Å². The van der Waals surface area contributed by atoms with Crippen LogP contribution in [0.15, 0.2) is 12.1 Å². The van der Waals surface area contributed by atoms with Gasteiger partial charge in [-0.25, -0.2) is 0 Å². The quantitative estimate of drug-likeness (QED) is 0.881. The molecule has 0 unspecified atom stereocenters. The van der Waals surface area contributed by atoms with Gasteiger partial charge in [0.25, 0.3) is 0 Å². The predicted molar refractivity (Wildman–Crippen MR) is 88.9 cm³/mol.